The highest BCUT2D eigenvalue weighted by Gasteiger charge is 2.43. The van der Waals surface area contributed by atoms with E-state index >= 15 is 0 Å². The lowest BCUT2D eigenvalue weighted by Crippen LogP contribution is -2.54. The van der Waals surface area contributed by atoms with Gasteiger partial charge in [0.15, 0.2) is 0 Å². The van der Waals surface area contributed by atoms with Crippen LogP contribution in [0.15, 0.2) is 24.5 Å². The van der Waals surface area contributed by atoms with Crippen LogP contribution < -0.4 is 5.32 Å². The number of nitrogens with zero attached hydrogens (tertiary/aromatic N) is 2. The van der Waals surface area contributed by atoms with Gasteiger partial charge in [0.2, 0.25) is 0 Å². The molecule has 0 saturated carbocycles. The van der Waals surface area contributed by atoms with Gasteiger partial charge in [-0.1, -0.05) is 19.9 Å². The van der Waals surface area contributed by atoms with E-state index in [0.717, 1.165) is 37.8 Å². The quantitative estimate of drug-likeness (QED) is 0.847. The van der Waals surface area contributed by atoms with E-state index < -0.39 is 0 Å². The number of pyridine rings is 1. The zero-order valence-corrected chi connectivity index (χ0v) is 13.6. The highest BCUT2D eigenvalue weighted by Crippen LogP contribution is 2.34. The maximum atomic E-state index is 12.5. The van der Waals surface area contributed by atoms with Gasteiger partial charge in [0.1, 0.15) is 0 Å². The van der Waals surface area contributed by atoms with Crippen molar-refractivity contribution in [2.75, 3.05) is 19.7 Å². The summed E-state index contributed by atoms with van der Waals surface area (Å²) in [6.07, 6.45) is 7.02. The molecule has 122 valence electrons. The third-order valence-corrected chi connectivity index (χ3v) is 4.34. The van der Waals surface area contributed by atoms with Gasteiger partial charge in [-0.2, -0.15) is 0 Å². The third kappa shape index (κ3) is 3.97. The van der Waals surface area contributed by atoms with E-state index in [0.29, 0.717) is 12.5 Å². The minimum absolute atomic E-state index is 0.0429. The molecule has 0 radical (unpaired) electrons. The zero-order valence-electron chi connectivity index (χ0n) is 13.6. The van der Waals surface area contributed by atoms with Crippen molar-refractivity contribution in [2.24, 2.45) is 5.92 Å². The SMILES string of the molecule is CC(C)C[C@]1(CO)CCCN1C(=O)NCCc1cccnc1. The van der Waals surface area contributed by atoms with E-state index in [1.165, 1.54) is 0 Å². The Balaban J connectivity index is 1.90. The molecule has 0 aromatic carbocycles. The van der Waals surface area contributed by atoms with Crippen LogP contribution in [0.1, 0.15) is 38.7 Å². The number of hydrogen-bond donors (Lipinski definition) is 2. The molecule has 1 aromatic rings. The molecule has 2 rings (SSSR count). The molecular formula is C17H27N3O2. The van der Waals surface area contributed by atoms with Gasteiger partial charge in [-0.05, 0) is 43.2 Å². The summed E-state index contributed by atoms with van der Waals surface area (Å²) in [6, 6.07) is 3.85. The van der Waals surface area contributed by atoms with Gasteiger partial charge in [-0.15, -0.1) is 0 Å². The molecular weight excluding hydrogens is 278 g/mol. The molecule has 1 fully saturated rings. The van der Waals surface area contributed by atoms with Gasteiger partial charge in [0.05, 0.1) is 12.1 Å². The van der Waals surface area contributed by atoms with Crippen LogP contribution in [-0.2, 0) is 6.42 Å². The summed E-state index contributed by atoms with van der Waals surface area (Å²) in [5, 5.41) is 12.8. The fourth-order valence-corrected chi connectivity index (χ4v) is 3.41. The van der Waals surface area contributed by atoms with Crippen molar-refractivity contribution in [3.05, 3.63) is 30.1 Å². The molecule has 1 saturated heterocycles. The Labute approximate surface area is 132 Å². The molecule has 0 spiro atoms. The van der Waals surface area contributed by atoms with E-state index in [9.17, 15) is 9.90 Å². The Kier molecular flexibility index (Phi) is 5.77. The molecule has 0 unspecified atom stereocenters. The lowest BCUT2D eigenvalue weighted by Gasteiger charge is -2.38. The largest absolute Gasteiger partial charge is 0.394 e. The van der Waals surface area contributed by atoms with Gasteiger partial charge in [0, 0.05) is 25.5 Å². The Bertz CT molecular complexity index is 478. The number of carbonyl (C=O) groups is 1. The number of hydrogen-bond acceptors (Lipinski definition) is 3. The number of carbonyl (C=O) groups excluding carboxylic acids is 1. The first kappa shape index (κ1) is 16.7. The lowest BCUT2D eigenvalue weighted by molar-refractivity contribution is 0.0678. The molecule has 1 aliphatic heterocycles. The number of rotatable bonds is 6. The number of urea groups is 1. The predicted octanol–water partition coefficient (Wildman–Crippen LogP) is 2.21. The summed E-state index contributed by atoms with van der Waals surface area (Å²) in [5.74, 6) is 0.455. The number of aliphatic hydroxyl groups excluding tert-OH is 1. The maximum absolute atomic E-state index is 12.5. The minimum atomic E-state index is -0.382. The van der Waals surface area contributed by atoms with E-state index in [2.05, 4.69) is 24.1 Å². The van der Waals surface area contributed by atoms with E-state index in [4.69, 9.17) is 0 Å². The van der Waals surface area contributed by atoms with Crippen LogP contribution in [0.2, 0.25) is 0 Å². The first-order chi connectivity index (χ1) is 10.6. The van der Waals surface area contributed by atoms with E-state index in [1.54, 1.807) is 6.20 Å². The van der Waals surface area contributed by atoms with Crippen molar-refractivity contribution < 1.29 is 9.90 Å². The summed E-state index contributed by atoms with van der Waals surface area (Å²) < 4.78 is 0. The second-order valence-electron chi connectivity index (χ2n) is 6.58. The number of aromatic nitrogens is 1. The average molecular weight is 305 g/mol. The molecule has 1 atom stereocenters. The molecule has 0 bridgehead atoms. The molecule has 5 heteroatoms. The van der Waals surface area contributed by atoms with Crippen LogP contribution in [0.25, 0.3) is 0 Å². The van der Waals surface area contributed by atoms with Crippen LogP contribution in [0.5, 0.6) is 0 Å². The standard InChI is InChI=1S/C17H27N3O2/c1-14(2)11-17(13-21)7-4-10-20(17)16(22)19-9-6-15-5-3-8-18-12-15/h3,5,8,12,14,21H,4,6-7,9-11,13H2,1-2H3,(H,19,22)/t17-/m0/s1. The van der Waals surface area contributed by atoms with Crippen molar-refractivity contribution in [1.29, 1.82) is 0 Å². The topological polar surface area (TPSA) is 65.5 Å². The molecule has 0 aliphatic carbocycles. The van der Waals surface area contributed by atoms with Gasteiger partial charge in [-0.25, -0.2) is 4.79 Å². The molecule has 2 amide bonds. The molecule has 1 aromatic heterocycles. The predicted molar refractivity (Wildman–Crippen MR) is 86.6 cm³/mol. The fraction of sp³-hybridized carbons (Fsp3) is 0.647. The van der Waals surface area contributed by atoms with Crippen molar-refractivity contribution in [3.63, 3.8) is 0 Å². The van der Waals surface area contributed by atoms with Gasteiger partial charge < -0.3 is 15.3 Å². The molecule has 2 heterocycles. The summed E-state index contributed by atoms with van der Waals surface area (Å²) in [6.45, 7) is 5.62. The van der Waals surface area contributed by atoms with Gasteiger partial charge >= 0.3 is 6.03 Å². The second kappa shape index (κ2) is 7.58. The van der Waals surface area contributed by atoms with Gasteiger partial charge in [0.25, 0.3) is 0 Å². The molecule has 1 aliphatic rings. The first-order valence-electron chi connectivity index (χ1n) is 8.12. The Hall–Kier alpha value is -1.62. The van der Waals surface area contributed by atoms with Crippen LogP contribution in [-0.4, -0.2) is 46.3 Å². The smallest absolute Gasteiger partial charge is 0.317 e. The maximum Gasteiger partial charge on any atom is 0.317 e. The number of nitrogens with one attached hydrogen (secondary N) is 1. The summed E-state index contributed by atoms with van der Waals surface area (Å²) >= 11 is 0. The van der Waals surface area contributed by atoms with Crippen molar-refractivity contribution in [1.82, 2.24) is 15.2 Å². The lowest BCUT2D eigenvalue weighted by atomic mass is 9.87. The first-order valence-corrected chi connectivity index (χ1v) is 8.12. The van der Waals surface area contributed by atoms with Gasteiger partial charge in [-0.3, -0.25) is 4.98 Å². The summed E-state index contributed by atoms with van der Waals surface area (Å²) in [4.78, 5) is 18.4. The Morgan fingerprint density at radius 2 is 2.36 bits per heavy atom. The van der Waals surface area contributed by atoms with E-state index in [-0.39, 0.29) is 18.2 Å². The highest BCUT2D eigenvalue weighted by atomic mass is 16.3. The Morgan fingerprint density at radius 3 is 3.00 bits per heavy atom. The van der Waals surface area contributed by atoms with Crippen LogP contribution in [0.3, 0.4) is 0 Å². The molecule has 22 heavy (non-hydrogen) atoms. The van der Waals surface area contributed by atoms with Crippen molar-refractivity contribution in [2.45, 2.75) is 45.1 Å². The Morgan fingerprint density at radius 1 is 1.55 bits per heavy atom. The van der Waals surface area contributed by atoms with Crippen LogP contribution in [0.4, 0.5) is 4.79 Å². The average Bonchev–Trinajstić information content (AvgIpc) is 2.91. The van der Waals surface area contributed by atoms with Crippen molar-refractivity contribution >= 4 is 6.03 Å². The zero-order chi connectivity index (χ0) is 16.0. The normalized spacial score (nSPS) is 21.4. The fourth-order valence-electron chi connectivity index (χ4n) is 3.41. The second-order valence-corrected chi connectivity index (χ2v) is 6.58. The highest BCUT2D eigenvalue weighted by molar-refractivity contribution is 5.75. The van der Waals surface area contributed by atoms with Crippen molar-refractivity contribution in [3.8, 4) is 0 Å². The molecule has 5 nitrogen and oxygen atoms in total. The summed E-state index contributed by atoms with van der Waals surface area (Å²) in [7, 11) is 0. The number of aliphatic hydroxyl groups is 1. The van der Waals surface area contributed by atoms with Crippen LogP contribution in [0, 0.1) is 5.92 Å². The third-order valence-electron chi connectivity index (χ3n) is 4.34. The molecule has 2 N–H and O–H groups in total. The summed E-state index contributed by atoms with van der Waals surface area (Å²) in [5.41, 5.74) is 0.729. The monoisotopic (exact) mass is 305 g/mol. The van der Waals surface area contributed by atoms with E-state index in [1.807, 2.05) is 23.2 Å². The number of likely N-dealkylation sites (tertiary alicyclic amines) is 1. The minimum Gasteiger partial charge on any atom is -0.394 e. The number of amides is 2. The van der Waals surface area contributed by atoms with Crippen LogP contribution >= 0.6 is 0 Å².